The molecule has 3 heteroatoms. The van der Waals surface area contributed by atoms with Crippen LogP contribution < -0.4 is 5.73 Å². The monoisotopic (exact) mass is 261 g/mol. The number of nitrogens with two attached hydrogens (primary N) is 1. The lowest BCUT2D eigenvalue weighted by molar-refractivity contribution is 0.441. The molecule has 0 spiro atoms. The molecule has 1 aromatic heterocycles. The highest BCUT2D eigenvalue weighted by Crippen LogP contribution is 2.31. The van der Waals surface area contributed by atoms with Crippen LogP contribution in [0.25, 0.3) is 0 Å². The molecule has 1 fully saturated rings. The lowest BCUT2D eigenvalue weighted by atomic mass is 9.90. The first kappa shape index (κ1) is 14.3. The lowest BCUT2D eigenvalue weighted by Crippen LogP contribution is -2.13. The van der Waals surface area contributed by atoms with Gasteiger partial charge in [-0.15, -0.1) is 0 Å². The highest BCUT2D eigenvalue weighted by Gasteiger charge is 2.19. The summed E-state index contributed by atoms with van der Waals surface area (Å²) in [4.78, 5) is 9.38. The van der Waals surface area contributed by atoms with Crippen LogP contribution >= 0.6 is 0 Å². The maximum absolute atomic E-state index is 6.15. The van der Waals surface area contributed by atoms with Crippen LogP contribution in [-0.2, 0) is 0 Å². The molecule has 0 aromatic carbocycles. The Morgan fingerprint density at radius 2 is 1.58 bits per heavy atom. The Kier molecular flexibility index (Phi) is 4.78. The van der Waals surface area contributed by atoms with Crippen molar-refractivity contribution in [1.82, 2.24) is 9.97 Å². The largest absolute Gasteiger partial charge is 0.383 e. The molecule has 2 N–H and O–H groups in total. The number of aromatic nitrogens is 2. The molecule has 0 bridgehead atoms. The molecule has 0 radical (unpaired) electrons. The lowest BCUT2D eigenvalue weighted by Gasteiger charge is -2.20. The highest BCUT2D eigenvalue weighted by molar-refractivity contribution is 5.44. The minimum absolute atomic E-state index is 0.395. The smallest absolute Gasteiger partial charge is 0.134 e. The van der Waals surface area contributed by atoms with E-state index in [0.29, 0.717) is 17.7 Å². The van der Waals surface area contributed by atoms with Crippen molar-refractivity contribution in [2.75, 3.05) is 5.73 Å². The molecule has 1 aliphatic carbocycles. The summed E-state index contributed by atoms with van der Waals surface area (Å²) in [6.45, 7) is 6.37. The molecule has 1 aliphatic rings. The Labute approximate surface area is 117 Å². The summed E-state index contributed by atoms with van der Waals surface area (Å²) in [6, 6.07) is 0. The van der Waals surface area contributed by atoms with Crippen LogP contribution in [0.15, 0.2) is 0 Å². The first-order valence-corrected chi connectivity index (χ1v) is 7.73. The summed E-state index contributed by atoms with van der Waals surface area (Å²) in [5.41, 5.74) is 8.34. The second kappa shape index (κ2) is 6.36. The summed E-state index contributed by atoms with van der Waals surface area (Å²) in [6.07, 6.45) is 9.16. The molecule has 106 valence electrons. The Morgan fingerprint density at radius 1 is 1.00 bits per heavy atom. The number of hydrogen-bond acceptors (Lipinski definition) is 3. The average Bonchev–Trinajstić information content (AvgIpc) is 2.26. The quantitative estimate of drug-likeness (QED) is 0.862. The molecule has 19 heavy (non-hydrogen) atoms. The summed E-state index contributed by atoms with van der Waals surface area (Å²) >= 11 is 0. The minimum atomic E-state index is 0.395. The van der Waals surface area contributed by atoms with Crippen LogP contribution in [0.2, 0.25) is 0 Å². The molecule has 3 nitrogen and oxygen atoms in total. The number of rotatable bonds is 2. The average molecular weight is 261 g/mol. The van der Waals surface area contributed by atoms with Crippen LogP contribution in [0.3, 0.4) is 0 Å². The van der Waals surface area contributed by atoms with E-state index in [1.54, 1.807) is 0 Å². The van der Waals surface area contributed by atoms with Crippen molar-refractivity contribution in [1.29, 1.82) is 0 Å². The van der Waals surface area contributed by atoms with E-state index in [0.717, 1.165) is 17.1 Å². The van der Waals surface area contributed by atoms with E-state index in [1.807, 2.05) is 0 Å². The fourth-order valence-corrected chi connectivity index (χ4v) is 3.24. The van der Waals surface area contributed by atoms with Crippen LogP contribution in [0.4, 0.5) is 5.82 Å². The van der Waals surface area contributed by atoms with Gasteiger partial charge >= 0.3 is 0 Å². The molecule has 0 unspecified atom stereocenters. The normalized spacial score (nSPS) is 18.3. The van der Waals surface area contributed by atoms with Crippen molar-refractivity contribution in [3.8, 4) is 0 Å². The molecule has 0 aliphatic heterocycles. The zero-order valence-corrected chi connectivity index (χ0v) is 12.6. The van der Waals surface area contributed by atoms with Gasteiger partial charge in [0.15, 0.2) is 0 Å². The predicted octanol–water partition coefficient (Wildman–Crippen LogP) is 4.32. The Morgan fingerprint density at radius 3 is 2.11 bits per heavy atom. The third kappa shape index (κ3) is 3.46. The van der Waals surface area contributed by atoms with Gasteiger partial charge in [-0.05, 0) is 25.7 Å². The van der Waals surface area contributed by atoms with Gasteiger partial charge < -0.3 is 5.73 Å². The summed E-state index contributed by atoms with van der Waals surface area (Å²) < 4.78 is 0. The molecule has 1 aromatic rings. The standard InChI is InChI=1S/C16H27N3/c1-11(2)14-12(3)18-16(19-15(14)17)13-9-7-5-4-6-8-10-13/h11,13H,4-10H2,1-3H3,(H2,17,18,19). The van der Waals surface area contributed by atoms with E-state index in [4.69, 9.17) is 10.7 Å². The van der Waals surface area contributed by atoms with Gasteiger partial charge in [-0.1, -0.05) is 46.0 Å². The number of hydrogen-bond donors (Lipinski definition) is 1. The van der Waals surface area contributed by atoms with Crippen LogP contribution in [0, 0.1) is 6.92 Å². The summed E-state index contributed by atoms with van der Waals surface area (Å²) in [5.74, 6) is 2.59. The maximum Gasteiger partial charge on any atom is 0.134 e. The van der Waals surface area contributed by atoms with Crippen molar-refractivity contribution in [2.24, 2.45) is 0 Å². The van der Waals surface area contributed by atoms with Crippen LogP contribution in [0.1, 0.15) is 87.7 Å². The SMILES string of the molecule is Cc1nc(C2CCCCCCC2)nc(N)c1C(C)C. The fourth-order valence-electron chi connectivity index (χ4n) is 3.24. The van der Waals surface area contributed by atoms with E-state index in [9.17, 15) is 0 Å². The van der Waals surface area contributed by atoms with Crippen LogP contribution in [0.5, 0.6) is 0 Å². The van der Waals surface area contributed by atoms with E-state index >= 15 is 0 Å². The zero-order valence-electron chi connectivity index (χ0n) is 12.6. The first-order chi connectivity index (χ1) is 9.09. The predicted molar refractivity (Wildman–Crippen MR) is 80.3 cm³/mol. The number of nitrogens with zero attached hydrogens (tertiary/aromatic N) is 2. The third-order valence-corrected chi connectivity index (χ3v) is 4.23. The van der Waals surface area contributed by atoms with Gasteiger partial charge in [-0.25, -0.2) is 9.97 Å². The topological polar surface area (TPSA) is 51.8 Å². The molecule has 0 amide bonds. The van der Waals surface area contributed by atoms with Gasteiger partial charge in [0.2, 0.25) is 0 Å². The van der Waals surface area contributed by atoms with Gasteiger partial charge in [-0.2, -0.15) is 0 Å². The Balaban J connectivity index is 2.24. The zero-order chi connectivity index (χ0) is 13.8. The van der Waals surface area contributed by atoms with Gasteiger partial charge in [0, 0.05) is 17.2 Å². The number of anilines is 1. The van der Waals surface area contributed by atoms with Crippen molar-refractivity contribution >= 4 is 5.82 Å². The fraction of sp³-hybridized carbons (Fsp3) is 0.750. The van der Waals surface area contributed by atoms with Gasteiger partial charge in [-0.3, -0.25) is 0 Å². The van der Waals surface area contributed by atoms with Gasteiger partial charge in [0.05, 0.1) is 0 Å². The van der Waals surface area contributed by atoms with E-state index in [1.165, 1.54) is 44.9 Å². The molecular formula is C16H27N3. The van der Waals surface area contributed by atoms with Crippen molar-refractivity contribution in [3.63, 3.8) is 0 Å². The number of nitrogen functional groups attached to an aromatic ring is 1. The van der Waals surface area contributed by atoms with Crippen molar-refractivity contribution < 1.29 is 0 Å². The molecule has 0 saturated heterocycles. The maximum atomic E-state index is 6.15. The molecule has 1 saturated carbocycles. The molecule has 0 atom stereocenters. The first-order valence-electron chi connectivity index (χ1n) is 7.73. The second-order valence-corrected chi connectivity index (χ2v) is 6.16. The van der Waals surface area contributed by atoms with Crippen LogP contribution in [-0.4, -0.2) is 9.97 Å². The molecular weight excluding hydrogens is 234 g/mol. The highest BCUT2D eigenvalue weighted by atomic mass is 15.0. The van der Waals surface area contributed by atoms with Crippen molar-refractivity contribution in [2.45, 2.75) is 77.6 Å². The van der Waals surface area contributed by atoms with Gasteiger partial charge in [0.1, 0.15) is 11.6 Å². The van der Waals surface area contributed by atoms with E-state index in [-0.39, 0.29) is 0 Å². The Bertz CT molecular complexity index is 395. The van der Waals surface area contributed by atoms with Gasteiger partial charge in [0.25, 0.3) is 0 Å². The number of aryl methyl sites for hydroxylation is 1. The van der Waals surface area contributed by atoms with Crippen molar-refractivity contribution in [3.05, 3.63) is 17.1 Å². The minimum Gasteiger partial charge on any atom is -0.383 e. The Hall–Kier alpha value is -1.12. The third-order valence-electron chi connectivity index (χ3n) is 4.23. The van der Waals surface area contributed by atoms with E-state index < -0.39 is 0 Å². The summed E-state index contributed by atoms with van der Waals surface area (Å²) in [7, 11) is 0. The second-order valence-electron chi connectivity index (χ2n) is 6.16. The van der Waals surface area contributed by atoms with E-state index in [2.05, 4.69) is 25.8 Å². The molecule has 2 rings (SSSR count). The molecule has 1 heterocycles. The summed E-state index contributed by atoms with van der Waals surface area (Å²) in [5, 5.41) is 0.